The molecule has 4 N–H and O–H groups in total. The third-order valence-electron chi connectivity index (χ3n) is 3.06. The van der Waals surface area contributed by atoms with E-state index in [1.165, 1.54) is 0 Å². The Morgan fingerprint density at radius 3 is 2.58 bits per heavy atom. The number of hydrogen-bond donors (Lipinski definition) is 3. The van der Waals surface area contributed by atoms with Crippen LogP contribution in [-0.4, -0.2) is 47.7 Å². The van der Waals surface area contributed by atoms with Crippen molar-refractivity contribution in [2.75, 3.05) is 32.0 Å². The molecular weight excluding hydrogens is 242 g/mol. The van der Waals surface area contributed by atoms with Gasteiger partial charge in [0.15, 0.2) is 0 Å². The maximum absolute atomic E-state index is 12.0. The zero-order valence-corrected chi connectivity index (χ0v) is 12.5. The maximum Gasteiger partial charge on any atom is 0.238 e. The Hall–Kier alpha value is -1.40. The lowest BCUT2D eigenvalue weighted by Gasteiger charge is -2.28. The summed E-state index contributed by atoms with van der Waals surface area (Å²) < 4.78 is 0. The zero-order chi connectivity index (χ0) is 14.6. The molecular formula is C13H25N5O. The van der Waals surface area contributed by atoms with Crippen molar-refractivity contribution in [2.45, 2.75) is 27.7 Å². The number of H-pyrrole nitrogens is 1. The Morgan fingerprint density at radius 2 is 2.11 bits per heavy atom. The van der Waals surface area contributed by atoms with Gasteiger partial charge < -0.3 is 11.1 Å². The average Bonchev–Trinajstić information content (AvgIpc) is 2.60. The van der Waals surface area contributed by atoms with Crippen LogP contribution in [0.25, 0.3) is 0 Å². The Bertz CT molecular complexity index is 419. The molecule has 108 valence electrons. The van der Waals surface area contributed by atoms with Gasteiger partial charge in [0.1, 0.15) is 0 Å². The number of aromatic nitrogens is 2. The number of likely N-dealkylation sites (N-methyl/N-ethyl adjacent to an activating group) is 1. The topological polar surface area (TPSA) is 87.0 Å². The van der Waals surface area contributed by atoms with Crippen molar-refractivity contribution in [1.82, 2.24) is 15.1 Å². The highest BCUT2D eigenvalue weighted by atomic mass is 16.2. The van der Waals surface area contributed by atoms with Gasteiger partial charge in [-0.05, 0) is 32.9 Å². The highest BCUT2D eigenvalue weighted by molar-refractivity contribution is 5.93. The molecule has 0 aliphatic rings. The van der Waals surface area contributed by atoms with Crippen molar-refractivity contribution in [3.63, 3.8) is 0 Å². The van der Waals surface area contributed by atoms with Gasteiger partial charge in [0.25, 0.3) is 0 Å². The number of anilines is 1. The number of nitrogens with one attached hydrogen (secondary N) is 2. The standard InChI is InChI=1S/C13H25N5O/c1-9-12(10(2)17-16-9)15-11(19)6-18(5)8-13(3,4)7-14/h6-8,14H2,1-5H3,(H,15,19)(H,16,17). The molecule has 0 spiro atoms. The molecule has 19 heavy (non-hydrogen) atoms. The van der Waals surface area contributed by atoms with Crippen LogP contribution in [0.4, 0.5) is 5.69 Å². The Kier molecular flexibility index (Phi) is 5.08. The summed E-state index contributed by atoms with van der Waals surface area (Å²) in [6.45, 7) is 9.64. The Morgan fingerprint density at radius 1 is 1.47 bits per heavy atom. The van der Waals surface area contributed by atoms with E-state index >= 15 is 0 Å². The first-order valence-electron chi connectivity index (χ1n) is 6.45. The number of amides is 1. The van der Waals surface area contributed by atoms with E-state index in [1.54, 1.807) is 0 Å². The van der Waals surface area contributed by atoms with E-state index in [4.69, 9.17) is 5.73 Å². The van der Waals surface area contributed by atoms with Crippen molar-refractivity contribution in [3.05, 3.63) is 11.4 Å². The molecule has 0 radical (unpaired) electrons. The van der Waals surface area contributed by atoms with Crippen LogP contribution in [0.1, 0.15) is 25.2 Å². The number of aryl methyl sites for hydroxylation is 2. The van der Waals surface area contributed by atoms with E-state index in [-0.39, 0.29) is 11.3 Å². The molecule has 0 fully saturated rings. The lowest BCUT2D eigenvalue weighted by molar-refractivity contribution is -0.117. The molecule has 1 heterocycles. The number of carbonyl (C=O) groups is 1. The van der Waals surface area contributed by atoms with Crippen molar-refractivity contribution >= 4 is 11.6 Å². The Balaban J connectivity index is 2.52. The largest absolute Gasteiger partial charge is 0.330 e. The van der Waals surface area contributed by atoms with Crippen molar-refractivity contribution in [1.29, 1.82) is 0 Å². The summed E-state index contributed by atoms with van der Waals surface area (Å²) in [6.07, 6.45) is 0. The minimum atomic E-state index is -0.0390. The lowest BCUT2D eigenvalue weighted by atomic mass is 9.93. The molecule has 1 rings (SSSR count). The third-order valence-corrected chi connectivity index (χ3v) is 3.06. The molecule has 1 aromatic rings. The van der Waals surface area contributed by atoms with Crippen LogP contribution >= 0.6 is 0 Å². The highest BCUT2D eigenvalue weighted by Crippen LogP contribution is 2.16. The molecule has 0 saturated heterocycles. The van der Waals surface area contributed by atoms with Crippen LogP contribution < -0.4 is 11.1 Å². The van der Waals surface area contributed by atoms with Gasteiger partial charge in [-0.2, -0.15) is 5.10 Å². The van der Waals surface area contributed by atoms with Gasteiger partial charge in [-0.1, -0.05) is 13.8 Å². The molecule has 6 heteroatoms. The fourth-order valence-corrected chi connectivity index (χ4v) is 2.01. The Labute approximate surface area is 114 Å². The summed E-state index contributed by atoms with van der Waals surface area (Å²) in [4.78, 5) is 14.0. The third kappa shape index (κ3) is 4.65. The van der Waals surface area contributed by atoms with Gasteiger partial charge in [-0.15, -0.1) is 0 Å². The summed E-state index contributed by atoms with van der Waals surface area (Å²) >= 11 is 0. The second-order valence-electron chi connectivity index (χ2n) is 5.90. The van der Waals surface area contributed by atoms with Crippen molar-refractivity contribution < 1.29 is 4.79 Å². The SMILES string of the molecule is Cc1n[nH]c(C)c1NC(=O)CN(C)CC(C)(C)CN. The van der Waals surface area contributed by atoms with E-state index in [9.17, 15) is 4.79 Å². The van der Waals surface area contributed by atoms with Gasteiger partial charge >= 0.3 is 0 Å². The predicted octanol–water partition coefficient (Wildman–Crippen LogP) is 0.882. The minimum Gasteiger partial charge on any atom is -0.330 e. The molecule has 0 aliphatic heterocycles. The molecule has 0 saturated carbocycles. The summed E-state index contributed by atoms with van der Waals surface area (Å²) in [5, 5.41) is 9.79. The number of nitrogens with zero attached hydrogens (tertiary/aromatic N) is 2. The molecule has 1 amide bonds. The average molecular weight is 267 g/mol. The first-order chi connectivity index (χ1) is 8.75. The molecule has 0 unspecified atom stereocenters. The molecule has 6 nitrogen and oxygen atoms in total. The summed E-state index contributed by atoms with van der Waals surface area (Å²) in [6, 6.07) is 0. The fourth-order valence-electron chi connectivity index (χ4n) is 2.01. The van der Waals surface area contributed by atoms with Gasteiger partial charge in [-0.25, -0.2) is 0 Å². The highest BCUT2D eigenvalue weighted by Gasteiger charge is 2.20. The number of aromatic amines is 1. The second kappa shape index (κ2) is 6.16. The van der Waals surface area contributed by atoms with Crippen LogP contribution in [0.3, 0.4) is 0 Å². The quantitative estimate of drug-likeness (QED) is 0.714. The molecule has 0 bridgehead atoms. The minimum absolute atomic E-state index is 0.0104. The van der Waals surface area contributed by atoms with Crippen LogP contribution in [0.5, 0.6) is 0 Å². The first kappa shape index (κ1) is 15.7. The first-order valence-corrected chi connectivity index (χ1v) is 6.45. The van der Waals surface area contributed by atoms with E-state index in [2.05, 4.69) is 29.4 Å². The van der Waals surface area contributed by atoms with Crippen LogP contribution in [0.2, 0.25) is 0 Å². The fraction of sp³-hybridized carbons (Fsp3) is 0.692. The molecule has 0 atom stereocenters. The van der Waals surface area contributed by atoms with E-state index < -0.39 is 0 Å². The van der Waals surface area contributed by atoms with Gasteiger partial charge in [-0.3, -0.25) is 14.8 Å². The van der Waals surface area contributed by atoms with Crippen LogP contribution in [-0.2, 0) is 4.79 Å². The van der Waals surface area contributed by atoms with Crippen LogP contribution in [0, 0.1) is 19.3 Å². The summed E-state index contributed by atoms with van der Waals surface area (Å²) in [5.41, 5.74) is 8.15. The molecule has 0 aliphatic carbocycles. The van der Waals surface area contributed by atoms with Gasteiger partial charge in [0.05, 0.1) is 23.6 Å². The monoisotopic (exact) mass is 267 g/mol. The lowest BCUT2D eigenvalue weighted by Crippen LogP contribution is -2.40. The summed E-state index contributed by atoms with van der Waals surface area (Å²) in [7, 11) is 1.92. The van der Waals surface area contributed by atoms with Gasteiger partial charge in [0, 0.05) is 6.54 Å². The number of carbonyl (C=O) groups excluding carboxylic acids is 1. The van der Waals surface area contributed by atoms with E-state index in [1.807, 2.05) is 25.8 Å². The number of hydrogen-bond acceptors (Lipinski definition) is 4. The van der Waals surface area contributed by atoms with Crippen LogP contribution in [0.15, 0.2) is 0 Å². The van der Waals surface area contributed by atoms with Crippen molar-refractivity contribution in [3.8, 4) is 0 Å². The maximum atomic E-state index is 12.0. The zero-order valence-electron chi connectivity index (χ0n) is 12.5. The van der Waals surface area contributed by atoms with E-state index in [0.29, 0.717) is 13.1 Å². The molecule has 0 aromatic carbocycles. The number of nitrogens with two attached hydrogens (primary N) is 1. The normalized spacial score (nSPS) is 11.9. The van der Waals surface area contributed by atoms with Crippen molar-refractivity contribution in [2.24, 2.45) is 11.1 Å². The smallest absolute Gasteiger partial charge is 0.238 e. The predicted molar refractivity (Wildman–Crippen MR) is 77.0 cm³/mol. The second-order valence-corrected chi connectivity index (χ2v) is 5.90. The number of rotatable bonds is 6. The summed E-state index contributed by atoms with van der Waals surface area (Å²) in [5.74, 6) is -0.0390. The van der Waals surface area contributed by atoms with E-state index in [0.717, 1.165) is 23.6 Å². The van der Waals surface area contributed by atoms with Gasteiger partial charge in [0.2, 0.25) is 5.91 Å². The molecule has 1 aromatic heterocycles.